The van der Waals surface area contributed by atoms with Crippen LogP contribution in [0.15, 0.2) is 29.8 Å². The molecule has 4 heteroatoms. The van der Waals surface area contributed by atoms with Crippen LogP contribution in [0.2, 0.25) is 0 Å². The number of hydrogen-bond acceptors (Lipinski definition) is 4. The minimum atomic E-state index is 0.00193. The van der Waals surface area contributed by atoms with Crippen molar-refractivity contribution in [3.63, 3.8) is 0 Å². The lowest BCUT2D eigenvalue weighted by Crippen LogP contribution is -2.29. The predicted octanol–water partition coefficient (Wildman–Crippen LogP) is 3.70. The van der Waals surface area contributed by atoms with Gasteiger partial charge in [-0.15, -0.1) is 0 Å². The summed E-state index contributed by atoms with van der Waals surface area (Å²) in [4.78, 5) is 6.95. The number of hydrogen-bond donors (Lipinski definition) is 1. The lowest BCUT2D eigenvalue weighted by molar-refractivity contribution is 0.513. The number of nitrogens with one attached hydrogen (secondary N) is 1. The fraction of sp³-hybridized carbons (Fsp3) is 0.444. The first-order chi connectivity index (χ1) is 10.1. The summed E-state index contributed by atoms with van der Waals surface area (Å²) >= 11 is 0. The SMILES string of the molecule is C=C1NN=C2c3cc(C(C)(C)C)c(C(C)(C)C)nc3C=CN12. The molecule has 0 unspecified atom stereocenters. The van der Waals surface area contributed by atoms with Gasteiger partial charge in [-0.25, -0.2) is 0 Å². The van der Waals surface area contributed by atoms with E-state index in [1.807, 2.05) is 17.2 Å². The minimum Gasteiger partial charge on any atom is -0.285 e. The van der Waals surface area contributed by atoms with Crippen LogP contribution in [-0.4, -0.2) is 15.7 Å². The third-order valence-electron chi connectivity index (χ3n) is 4.00. The van der Waals surface area contributed by atoms with E-state index in [0.29, 0.717) is 0 Å². The van der Waals surface area contributed by atoms with Gasteiger partial charge in [0, 0.05) is 17.2 Å². The van der Waals surface area contributed by atoms with Gasteiger partial charge in [-0.2, -0.15) is 5.10 Å². The Bertz CT molecular complexity index is 712. The molecular formula is C18H24N4. The molecular weight excluding hydrogens is 272 g/mol. The average molecular weight is 296 g/mol. The third kappa shape index (κ3) is 2.23. The van der Waals surface area contributed by atoms with Crippen molar-refractivity contribution >= 4 is 11.9 Å². The van der Waals surface area contributed by atoms with Crippen molar-refractivity contribution in [1.29, 1.82) is 0 Å². The molecule has 0 amide bonds. The molecule has 116 valence electrons. The Kier molecular flexibility index (Phi) is 3.00. The van der Waals surface area contributed by atoms with Crippen LogP contribution in [0.1, 0.15) is 64.1 Å². The highest BCUT2D eigenvalue weighted by atomic mass is 15.5. The molecule has 2 aliphatic rings. The number of fused-ring (bicyclic) bond motifs is 3. The van der Waals surface area contributed by atoms with E-state index in [2.05, 4.69) is 64.7 Å². The number of pyridine rings is 1. The topological polar surface area (TPSA) is 40.5 Å². The minimum absolute atomic E-state index is 0.00193. The highest BCUT2D eigenvalue weighted by molar-refractivity contribution is 6.06. The van der Waals surface area contributed by atoms with Crippen LogP contribution in [0.5, 0.6) is 0 Å². The van der Waals surface area contributed by atoms with Gasteiger partial charge in [-0.3, -0.25) is 15.3 Å². The first-order valence-corrected chi connectivity index (χ1v) is 7.65. The van der Waals surface area contributed by atoms with Crippen molar-refractivity contribution in [2.24, 2.45) is 5.10 Å². The van der Waals surface area contributed by atoms with Crippen LogP contribution in [0.25, 0.3) is 6.08 Å². The second-order valence-electron chi connectivity index (χ2n) is 8.00. The maximum atomic E-state index is 4.98. The molecule has 4 nitrogen and oxygen atoms in total. The fourth-order valence-corrected chi connectivity index (χ4v) is 2.83. The van der Waals surface area contributed by atoms with Crippen LogP contribution < -0.4 is 5.43 Å². The molecule has 3 heterocycles. The van der Waals surface area contributed by atoms with Crippen molar-refractivity contribution in [1.82, 2.24) is 15.3 Å². The van der Waals surface area contributed by atoms with E-state index < -0.39 is 0 Å². The zero-order valence-corrected chi connectivity index (χ0v) is 14.3. The molecule has 22 heavy (non-hydrogen) atoms. The van der Waals surface area contributed by atoms with Crippen LogP contribution in [0.3, 0.4) is 0 Å². The standard InChI is InChI=1S/C18H24N4/c1-11-20-21-16-12-10-13(17(2,3)4)15(18(5,6)7)19-14(12)8-9-22(11)16/h8-10,20H,1H2,2-7H3. The van der Waals surface area contributed by atoms with Gasteiger partial charge in [0.05, 0.1) is 11.4 Å². The maximum Gasteiger partial charge on any atom is 0.168 e. The summed E-state index contributed by atoms with van der Waals surface area (Å²) < 4.78 is 0. The largest absolute Gasteiger partial charge is 0.285 e. The van der Waals surface area contributed by atoms with Gasteiger partial charge in [-0.05, 0) is 23.1 Å². The van der Waals surface area contributed by atoms with E-state index in [1.54, 1.807) is 0 Å². The van der Waals surface area contributed by atoms with Gasteiger partial charge < -0.3 is 0 Å². The van der Waals surface area contributed by atoms with Gasteiger partial charge >= 0.3 is 0 Å². The van der Waals surface area contributed by atoms with E-state index in [1.165, 1.54) is 5.56 Å². The summed E-state index contributed by atoms with van der Waals surface area (Å²) in [5, 5.41) is 4.40. The number of amidine groups is 1. The maximum absolute atomic E-state index is 4.98. The quantitative estimate of drug-likeness (QED) is 0.793. The molecule has 1 aromatic rings. The summed E-state index contributed by atoms with van der Waals surface area (Å²) in [5.74, 6) is 1.65. The van der Waals surface area contributed by atoms with Crippen LogP contribution in [0, 0.1) is 0 Å². The Morgan fingerprint density at radius 3 is 2.36 bits per heavy atom. The second-order valence-corrected chi connectivity index (χ2v) is 8.00. The van der Waals surface area contributed by atoms with E-state index in [4.69, 9.17) is 4.98 Å². The van der Waals surface area contributed by atoms with Gasteiger partial charge in [-0.1, -0.05) is 48.1 Å². The molecule has 0 spiro atoms. The van der Waals surface area contributed by atoms with Crippen LogP contribution in [-0.2, 0) is 10.8 Å². The summed E-state index contributed by atoms with van der Waals surface area (Å²) in [5.41, 5.74) is 7.44. The third-order valence-corrected chi connectivity index (χ3v) is 4.00. The average Bonchev–Trinajstić information content (AvgIpc) is 2.77. The Labute approximate surface area is 132 Å². The molecule has 2 aliphatic heterocycles. The molecule has 0 aliphatic carbocycles. The van der Waals surface area contributed by atoms with Crippen LogP contribution in [0.4, 0.5) is 0 Å². The fourth-order valence-electron chi connectivity index (χ4n) is 2.83. The van der Waals surface area contributed by atoms with E-state index in [-0.39, 0.29) is 10.8 Å². The highest BCUT2D eigenvalue weighted by Gasteiger charge is 2.32. The monoisotopic (exact) mass is 296 g/mol. The van der Waals surface area contributed by atoms with E-state index in [9.17, 15) is 0 Å². The Morgan fingerprint density at radius 2 is 1.77 bits per heavy atom. The lowest BCUT2D eigenvalue weighted by atomic mass is 9.77. The van der Waals surface area contributed by atoms with Gasteiger partial charge in [0.2, 0.25) is 0 Å². The number of nitrogens with zero attached hydrogens (tertiary/aromatic N) is 3. The first-order valence-electron chi connectivity index (χ1n) is 7.65. The van der Waals surface area contributed by atoms with Gasteiger partial charge in [0.15, 0.2) is 5.84 Å². The second kappa shape index (κ2) is 4.45. The smallest absolute Gasteiger partial charge is 0.168 e. The zero-order chi connectivity index (χ0) is 16.3. The predicted molar refractivity (Wildman–Crippen MR) is 91.3 cm³/mol. The molecule has 1 N–H and O–H groups in total. The van der Waals surface area contributed by atoms with Crippen LogP contribution >= 0.6 is 0 Å². The lowest BCUT2D eigenvalue weighted by Gasteiger charge is -2.31. The first kappa shape index (κ1) is 14.8. The number of aromatic nitrogens is 1. The number of rotatable bonds is 0. The van der Waals surface area contributed by atoms with Crippen molar-refractivity contribution in [3.8, 4) is 0 Å². The summed E-state index contributed by atoms with van der Waals surface area (Å²) in [6, 6.07) is 2.25. The van der Waals surface area contributed by atoms with E-state index >= 15 is 0 Å². The molecule has 0 aromatic carbocycles. The van der Waals surface area contributed by atoms with Crippen molar-refractivity contribution in [2.45, 2.75) is 52.4 Å². The van der Waals surface area contributed by atoms with Crippen molar-refractivity contribution in [2.75, 3.05) is 0 Å². The molecule has 0 saturated carbocycles. The van der Waals surface area contributed by atoms with Crippen molar-refractivity contribution < 1.29 is 0 Å². The molecule has 0 bridgehead atoms. The van der Waals surface area contributed by atoms with E-state index in [0.717, 1.165) is 28.6 Å². The van der Waals surface area contributed by atoms with Crippen molar-refractivity contribution in [3.05, 3.63) is 47.2 Å². The molecule has 3 rings (SSSR count). The molecule has 0 radical (unpaired) electrons. The Hall–Kier alpha value is -2.10. The Balaban J connectivity index is 2.26. The molecule has 0 fully saturated rings. The van der Waals surface area contributed by atoms with Gasteiger partial charge in [0.1, 0.15) is 5.82 Å². The summed E-state index contributed by atoms with van der Waals surface area (Å²) in [6.07, 6.45) is 4.01. The Morgan fingerprint density at radius 1 is 1.09 bits per heavy atom. The van der Waals surface area contributed by atoms with Gasteiger partial charge in [0.25, 0.3) is 0 Å². The molecule has 0 atom stereocenters. The zero-order valence-electron chi connectivity index (χ0n) is 14.3. The summed E-state index contributed by atoms with van der Waals surface area (Å²) in [6.45, 7) is 17.3. The molecule has 0 saturated heterocycles. The normalized spacial score (nSPS) is 17.1. The summed E-state index contributed by atoms with van der Waals surface area (Å²) in [7, 11) is 0. The molecule has 1 aromatic heterocycles. The number of hydrazone groups is 1. The highest BCUT2D eigenvalue weighted by Crippen LogP contribution is 2.36.